The first-order valence-corrected chi connectivity index (χ1v) is 11.7. The van der Waals surface area contributed by atoms with Crippen molar-refractivity contribution >= 4 is 21.2 Å². The molecular formula is C23H31N3O2S. The third kappa shape index (κ3) is 6.50. The molecule has 2 aromatic rings. The second-order valence-corrected chi connectivity index (χ2v) is 9.05. The molecule has 0 saturated carbocycles. The lowest BCUT2D eigenvalue weighted by molar-refractivity contribution is 0.592. The summed E-state index contributed by atoms with van der Waals surface area (Å²) in [4.78, 5) is 8.38. The predicted octanol–water partition coefficient (Wildman–Crippen LogP) is 3.93. The normalized spacial score (nSPS) is 10.9. The molecule has 0 fully saturated rings. The van der Waals surface area contributed by atoms with E-state index < -0.39 is 9.84 Å². The highest BCUT2D eigenvalue weighted by molar-refractivity contribution is 7.91. The number of nitrogens with zero attached hydrogens (tertiary/aromatic N) is 3. The lowest BCUT2D eigenvalue weighted by Crippen LogP contribution is -2.24. The second-order valence-electron chi connectivity index (χ2n) is 7.00. The molecule has 0 aliphatic heterocycles. The van der Waals surface area contributed by atoms with Gasteiger partial charge in [0.15, 0.2) is 14.9 Å². The number of rotatable bonds is 9. The minimum Gasteiger partial charge on any atom is -0.372 e. The molecule has 1 aromatic heterocycles. The molecule has 0 saturated heterocycles. The Morgan fingerprint density at radius 1 is 1.10 bits per heavy atom. The summed E-state index contributed by atoms with van der Waals surface area (Å²) in [7, 11) is -1.37. The maximum absolute atomic E-state index is 12.2. The largest absolute Gasteiger partial charge is 0.372 e. The van der Waals surface area contributed by atoms with Gasteiger partial charge in [0.1, 0.15) is 0 Å². The van der Waals surface area contributed by atoms with E-state index in [2.05, 4.69) is 65.6 Å². The molecule has 0 bridgehead atoms. The molecular weight excluding hydrogens is 382 g/mol. The average Bonchev–Trinajstić information content (AvgIpc) is 2.72. The summed E-state index contributed by atoms with van der Waals surface area (Å²) >= 11 is 0. The van der Waals surface area contributed by atoms with Crippen molar-refractivity contribution in [1.29, 1.82) is 0 Å². The van der Waals surface area contributed by atoms with Crippen molar-refractivity contribution in [2.24, 2.45) is 0 Å². The number of hydrogen-bond donors (Lipinski definition) is 0. The monoisotopic (exact) mass is 413 g/mol. The van der Waals surface area contributed by atoms with Crippen molar-refractivity contribution < 1.29 is 8.42 Å². The Kier molecular flexibility index (Phi) is 8.53. The molecule has 0 N–H and O–H groups in total. The van der Waals surface area contributed by atoms with Crippen LogP contribution in [0.25, 0.3) is 0 Å². The van der Waals surface area contributed by atoms with Crippen LogP contribution in [0.5, 0.6) is 0 Å². The molecule has 1 aromatic carbocycles. The van der Waals surface area contributed by atoms with E-state index in [1.807, 2.05) is 7.05 Å². The molecule has 0 radical (unpaired) electrons. The zero-order valence-electron chi connectivity index (χ0n) is 17.9. The molecule has 1 heterocycles. The molecule has 156 valence electrons. The Bertz CT molecular complexity index is 947. The molecule has 5 nitrogen and oxygen atoms in total. The third-order valence-corrected chi connectivity index (χ3v) is 6.35. The fourth-order valence-electron chi connectivity index (χ4n) is 3.17. The summed E-state index contributed by atoms with van der Waals surface area (Å²) in [5, 5.41) is 0.110. The molecule has 0 aliphatic rings. The van der Waals surface area contributed by atoms with Gasteiger partial charge in [-0.15, -0.1) is 5.92 Å². The summed E-state index contributed by atoms with van der Waals surface area (Å²) in [5.41, 5.74) is 3.59. The summed E-state index contributed by atoms with van der Waals surface area (Å²) in [6.45, 7) is 9.08. The summed E-state index contributed by atoms with van der Waals surface area (Å²) < 4.78 is 24.4. The van der Waals surface area contributed by atoms with Gasteiger partial charge in [-0.1, -0.05) is 18.9 Å². The van der Waals surface area contributed by atoms with Crippen LogP contribution >= 0.6 is 0 Å². The quantitative estimate of drug-likeness (QED) is 0.583. The minimum atomic E-state index is -3.37. The third-order valence-electron chi connectivity index (χ3n) is 4.73. The molecule has 0 unspecified atom stereocenters. The number of anilines is 2. The fourth-order valence-corrected chi connectivity index (χ4v) is 4.26. The topological polar surface area (TPSA) is 53.5 Å². The first kappa shape index (κ1) is 22.8. The molecule has 0 spiro atoms. The average molecular weight is 414 g/mol. The van der Waals surface area contributed by atoms with E-state index in [1.165, 1.54) is 23.5 Å². The molecule has 6 heteroatoms. The maximum atomic E-state index is 12.2. The van der Waals surface area contributed by atoms with Gasteiger partial charge in [0, 0.05) is 44.1 Å². The van der Waals surface area contributed by atoms with Gasteiger partial charge in [0.2, 0.25) is 0 Å². The highest BCUT2D eigenvalue weighted by Crippen LogP contribution is 2.25. The van der Waals surface area contributed by atoms with Crippen LogP contribution in [0.15, 0.2) is 47.6 Å². The Labute approximate surface area is 175 Å². The van der Waals surface area contributed by atoms with Crippen LogP contribution in [0.4, 0.5) is 11.4 Å². The number of hydrogen-bond acceptors (Lipinski definition) is 5. The van der Waals surface area contributed by atoms with Crippen molar-refractivity contribution in [2.45, 2.75) is 38.6 Å². The van der Waals surface area contributed by atoms with Crippen molar-refractivity contribution in [3.63, 3.8) is 0 Å². The highest BCUT2D eigenvalue weighted by atomic mass is 32.2. The van der Waals surface area contributed by atoms with Gasteiger partial charge in [-0.2, -0.15) is 0 Å². The van der Waals surface area contributed by atoms with Crippen molar-refractivity contribution in [3.8, 4) is 11.8 Å². The summed E-state index contributed by atoms with van der Waals surface area (Å²) in [6, 6.07) is 11.4. The zero-order chi connectivity index (χ0) is 21.3. The number of pyridine rings is 1. The van der Waals surface area contributed by atoms with Crippen molar-refractivity contribution in [2.75, 3.05) is 42.2 Å². The lowest BCUT2D eigenvalue weighted by Gasteiger charge is -2.25. The summed E-state index contributed by atoms with van der Waals surface area (Å²) in [6.07, 6.45) is 2.91. The van der Waals surface area contributed by atoms with E-state index in [0.29, 0.717) is 13.0 Å². The van der Waals surface area contributed by atoms with Gasteiger partial charge < -0.3 is 9.80 Å². The van der Waals surface area contributed by atoms with Gasteiger partial charge in [0.05, 0.1) is 12.3 Å². The minimum absolute atomic E-state index is 0.0151. The van der Waals surface area contributed by atoms with E-state index >= 15 is 0 Å². The van der Waals surface area contributed by atoms with E-state index in [4.69, 9.17) is 0 Å². The Morgan fingerprint density at radius 2 is 1.90 bits per heavy atom. The maximum Gasteiger partial charge on any atom is 0.196 e. The van der Waals surface area contributed by atoms with Gasteiger partial charge in [-0.25, -0.2) is 13.4 Å². The number of aryl methyl sites for hydroxylation is 1. The fraction of sp³-hybridized carbons (Fsp3) is 0.435. The van der Waals surface area contributed by atoms with Gasteiger partial charge in [-0.05, 0) is 56.2 Å². The molecule has 0 atom stereocenters. The van der Waals surface area contributed by atoms with Crippen LogP contribution in [0, 0.1) is 18.8 Å². The van der Waals surface area contributed by atoms with Gasteiger partial charge in [0.25, 0.3) is 0 Å². The van der Waals surface area contributed by atoms with Crippen LogP contribution in [-0.2, 0) is 9.84 Å². The van der Waals surface area contributed by atoms with Gasteiger partial charge >= 0.3 is 0 Å². The van der Waals surface area contributed by atoms with E-state index in [9.17, 15) is 8.42 Å². The smallest absolute Gasteiger partial charge is 0.196 e. The van der Waals surface area contributed by atoms with Crippen LogP contribution in [0.2, 0.25) is 0 Å². The highest BCUT2D eigenvalue weighted by Gasteiger charge is 2.14. The molecule has 2 rings (SSSR count). The molecule has 0 amide bonds. The first-order chi connectivity index (χ1) is 13.9. The van der Waals surface area contributed by atoms with Crippen LogP contribution < -0.4 is 9.80 Å². The predicted molar refractivity (Wildman–Crippen MR) is 121 cm³/mol. The van der Waals surface area contributed by atoms with Gasteiger partial charge in [-0.3, -0.25) is 0 Å². The zero-order valence-corrected chi connectivity index (χ0v) is 18.7. The van der Waals surface area contributed by atoms with Crippen LogP contribution in [0.1, 0.15) is 32.3 Å². The van der Waals surface area contributed by atoms with E-state index in [0.717, 1.165) is 25.2 Å². The molecule has 0 aliphatic carbocycles. The van der Waals surface area contributed by atoms with Crippen molar-refractivity contribution in [3.05, 3.63) is 48.2 Å². The van der Waals surface area contributed by atoms with Crippen LogP contribution in [-0.4, -0.2) is 45.8 Å². The molecule has 29 heavy (non-hydrogen) atoms. The second kappa shape index (κ2) is 10.9. The SMILES string of the molecule is CCCN(CC)c1ccc(N(C)CC#CCCS(=O)(=O)c2ccccn2)c(C)c1. The lowest BCUT2D eigenvalue weighted by atomic mass is 10.1. The first-order valence-electron chi connectivity index (χ1n) is 10.0. The Morgan fingerprint density at radius 3 is 2.52 bits per heavy atom. The standard InChI is InChI=1S/C23H31N3O2S/c1-5-16-26(6-2)21-13-14-22(20(3)19-21)25(4)17-10-7-11-18-29(27,28)23-12-8-9-15-24-23/h8-9,12-15,19H,5-6,11,16-18H2,1-4H3. The van der Waals surface area contributed by atoms with E-state index in [1.54, 1.807) is 12.1 Å². The number of aromatic nitrogens is 1. The number of sulfone groups is 1. The van der Waals surface area contributed by atoms with Crippen molar-refractivity contribution in [1.82, 2.24) is 4.98 Å². The summed E-state index contributed by atoms with van der Waals surface area (Å²) in [5.74, 6) is 6.05. The Hall–Kier alpha value is -2.52. The van der Waals surface area contributed by atoms with E-state index in [-0.39, 0.29) is 10.8 Å². The Balaban J connectivity index is 1.94. The van der Waals surface area contributed by atoms with Crippen LogP contribution in [0.3, 0.4) is 0 Å². The number of benzene rings is 1.